The molecule has 1 aliphatic heterocycles. The van der Waals surface area contributed by atoms with E-state index < -0.39 is 0 Å². The maximum Gasteiger partial charge on any atom is 0.141 e. The SMILES string of the molecule is CC(C)CN(CC1CCCN1)C(C)c1cncc(F)c1. The number of rotatable bonds is 6. The third-order valence-corrected chi connectivity index (χ3v) is 3.97. The van der Waals surface area contributed by atoms with Crippen LogP contribution in [-0.4, -0.2) is 35.6 Å². The highest BCUT2D eigenvalue weighted by Gasteiger charge is 2.23. The molecule has 1 N–H and O–H groups in total. The fraction of sp³-hybridized carbons (Fsp3) is 0.688. The molecule has 112 valence electrons. The van der Waals surface area contributed by atoms with Crippen molar-refractivity contribution >= 4 is 0 Å². The van der Waals surface area contributed by atoms with Crippen LogP contribution >= 0.6 is 0 Å². The van der Waals surface area contributed by atoms with Crippen LogP contribution in [0.25, 0.3) is 0 Å². The highest BCUT2D eigenvalue weighted by atomic mass is 19.1. The van der Waals surface area contributed by atoms with Crippen LogP contribution in [0.15, 0.2) is 18.5 Å². The summed E-state index contributed by atoms with van der Waals surface area (Å²) in [6.45, 7) is 9.77. The predicted octanol–water partition coefficient (Wildman–Crippen LogP) is 2.99. The quantitative estimate of drug-likeness (QED) is 0.867. The minimum atomic E-state index is -0.252. The number of hydrogen-bond donors (Lipinski definition) is 1. The van der Waals surface area contributed by atoms with E-state index in [1.807, 2.05) is 0 Å². The van der Waals surface area contributed by atoms with Gasteiger partial charge in [0.05, 0.1) is 6.20 Å². The van der Waals surface area contributed by atoms with Gasteiger partial charge in [-0.2, -0.15) is 0 Å². The van der Waals surface area contributed by atoms with Crippen molar-refractivity contribution in [2.45, 2.75) is 45.7 Å². The second-order valence-corrected chi connectivity index (χ2v) is 6.25. The molecule has 2 atom stereocenters. The van der Waals surface area contributed by atoms with Crippen molar-refractivity contribution in [2.24, 2.45) is 5.92 Å². The fourth-order valence-corrected chi connectivity index (χ4v) is 2.92. The maximum absolute atomic E-state index is 13.4. The third-order valence-electron chi connectivity index (χ3n) is 3.97. The predicted molar refractivity (Wildman–Crippen MR) is 80.0 cm³/mol. The van der Waals surface area contributed by atoms with E-state index in [-0.39, 0.29) is 11.9 Å². The Morgan fingerprint density at radius 2 is 2.20 bits per heavy atom. The third kappa shape index (κ3) is 4.25. The Morgan fingerprint density at radius 1 is 1.40 bits per heavy atom. The van der Waals surface area contributed by atoms with Gasteiger partial charge in [0.1, 0.15) is 5.82 Å². The summed E-state index contributed by atoms with van der Waals surface area (Å²) in [7, 11) is 0. The molecule has 1 aromatic rings. The van der Waals surface area contributed by atoms with Gasteiger partial charge in [0.2, 0.25) is 0 Å². The van der Waals surface area contributed by atoms with E-state index in [4.69, 9.17) is 0 Å². The zero-order valence-electron chi connectivity index (χ0n) is 12.8. The molecule has 4 heteroatoms. The molecule has 1 fully saturated rings. The molecule has 20 heavy (non-hydrogen) atoms. The molecule has 2 heterocycles. The molecule has 1 aliphatic rings. The first kappa shape index (κ1) is 15.4. The molecular formula is C16H26FN3. The van der Waals surface area contributed by atoms with E-state index in [1.54, 1.807) is 12.3 Å². The Morgan fingerprint density at radius 3 is 2.80 bits per heavy atom. The maximum atomic E-state index is 13.4. The van der Waals surface area contributed by atoms with Crippen molar-refractivity contribution in [3.8, 4) is 0 Å². The van der Waals surface area contributed by atoms with E-state index in [0.29, 0.717) is 12.0 Å². The van der Waals surface area contributed by atoms with Crippen LogP contribution < -0.4 is 5.32 Å². The first-order valence-electron chi connectivity index (χ1n) is 7.64. The lowest BCUT2D eigenvalue weighted by Gasteiger charge is -2.33. The molecule has 0 radical (unpaired) electrons. The van der Waals surface area contributed by atoms with Gasteiger partial charge in [-0.3, -0.25) is 9.88 Å². The summed E-state index contributed by atoms with van der Waals surface area (Å²) < 4.78 is 13.4. The van der Waals surface area contributed by atoms with Gasteiger partial charge in [-0.25, -0.2) is 4.39 Å². The van der Waals surface area contributed by atoms with Gasteiger partial charge in [0, 0.05) is 31.4 Å². The summed E-state index contributed by atoms with van der Waals surface area (Å²) in [5.41, 5.74) is 0.962. The van der Waals surface area contributed by atoms with Crippen molar-refractivity contribution in [3.63, 3.8) is 0 Å². The van der Waals surface area contributed by atoms with Crippen molar-refractivity contribution < 1.29 is 4.39 Å². The molecule has 1 saturated heterocycles. The molecule has 0 amide bonds. The van der Waals surface area contributed by atoms with Crippen molar-refractivity contribution in [2.75, 3.05) is 19.6 Å². The molecule has 0 aromatic carbocycles. The Balaban J connectivity index is 2.07. The van der Waals surface area contributed by atoms with Gasteiger partial charge >= 0.3 is 0 Å². The van der Waals surface area contributed by atoms with Gasteiger partial charge in [0.15, 0.2) is 0 Å². The van der Waals surface area contributed by atoms with Crippen molar-refractivity contribution in [1.82, 2.24) is 15.2 Å². The fourth-order valence-electron chi connectivity index (χ4n) is 2.92. The molecular weight excluding hydrogens is 253 g/mol. The van der Waals surface area contributed by atoms with E-state index >= 15 is 0 Å². The van der Waals surface area contributed by atoms with Crippen LogP contribution in [0.5, 0.6) is 0 Å². The molecule has 0 aliphatic carbocycles. The van der Waals surface area contributed by atoms with Gasteiger partial charge in [-0.15, -0.1) is 0 Å². The van der Waals surface area contributed by atoms with Crippen molar-refractivity contribution in [1.29, 1.82) is 0 Å². The standard InChI is InChI=1S/C16H26FN3/c1-12(2)10-20(11-16-5-4-6-19-16)13(3)14-7-15(17)9-18-8-14/h7-9,12-13,16,19H,4-6,10-11H2,1-3H3. The summed E-state index contributed by atoms with van der Waals surface area (Å²) in [6, 6.07) is 2.37. The highest BCUT2D eigenvalue weighted by Crippen LogP contribution is 2.22. The van der Waals surface area contributed by atoms with Crippen LogP contribution in [0.3, 0.4) is 0 Å². The summed E-state index contributed by atoms with van der Waals surface area (Å²) in [5, 5.41) is 3.55. The number of nitrogens with zero attached hydrogens (tertiary/aromatic N) is 2. The average molecular weight is 279 g/mol. The smallest absolute Gasteiger partial charge is 0.141 e. The second-order valence-electron chi connectivity index (χ2n) is 6.25. The number of pyridine rings is 1. The molecule has 0 spiro atoms. The van der Waals surface area contributed by atoms with Gasteiger partial charge in [-0.1, -0.05) is 13.8 Å². The number of nitrogens with one attached hydrogen (secondary N) is 1. The van der Waals surface area contributed by atoms with Crippen LogP contribution in [-0.2, 0) is 0 Å². The monoisotopic (exact) mass is 279 g/mol. The average Bonchev–Trinajstić information content (AvgIpc) is 2.89. The zero-order valence-corrected chi connectivity index (χ0v) is 12.8. The molecule has 1 aromatic heterocycles. The summed E-state index contributed by atoms with van der Waals surface area (Å²) >= 11 is 0. The van der Waals surface area contributed by atoms with Crippen LogP contribution in [0.2, 0.25) is 0 Å². The summed E-state index contributed by atoms with van der Waals surface area (Å²) in [5.74, 6) is 0.346. The lowest BCUT2D eigenvalue weighted by molar-refractivity contribution is 0.171. The number of hydrogen-bond acceptors (Lipinski definition) is 3. The highest BCUT2D eigenvalue weighted by molar-refractivity contribution is 5.14. The second kappa shape index (κ2) is 7.14. The van der Waals surface area contributed by atoms with E-state index in [0.717, 1.165) is 25.2 Å². The Kier molecular flexibility index (Phi) is 5.49. The Labute approximate surface area is 121 Å². The van der Waals surface area contributed by atoms with Crippen LogP contribution in [0.1, 0.15) is 45.2 Å². The normalized spacial score (nSPS) is 20.8. The van der Waals surface area contributed by atoms with Gasteiger partial charge in [-0.05, 0) is 43.9 Å². The van der Waals surface area contributed by atoms with Gasteiger partial charge < -0.3 is 5.32 Å². The van der Waals surface area contributed by atoms with E-state index in [1.165, 1.54) is 19.0 Å². The Hall–Kier alpha value is -1.00. The molecule has 3 nitrogen and oxygen atoms in total. The lowest BCUT2D eigenvalue weighted by Crippen LogP contribution is -2.40. The Bertz CT molecular complexity index is 416. The molecule has 2 rings (SSSR count). The molecule has 0 saturated carbocycles. The summed E-state index contributed by atoms with van der Waals surface area (Å²) in [4.78, 5) is 6.43. The lowest BCUT2D eigenvalue weighted by atomic mass is 10.1. The minimum Gasteiger partial charge on any atom is -0.313 e. The first-order chi connectivity index (χ1) is 9.56. The van der Waals surface area contributed by atoms with E-state index in [2.05, 4.69) is 36.0 Å². The first-order valence-corrected chi connectivity index (χ1v) is 7.64. The van der Waals surface area contributed by atoms with Crippen molar-refractivity contribution in [3.05, 3.63) is 29.8 Å². The zero-order chi connectivity index (χ0) is 14.5. The van der Waals surface area contributed by atoms with Crippen LogP contribution in [0, 0.1) is 11.7 Å². The molecule has 0 bridgehead atoms. The van der Waals surface area contributed by atoms with Gasteiger partial charge in [0.25, 0.3) is 0 Å². The largest absolute Gasteiger partial charge is 0.313 e. The van der Waals surface area contributed by atoms with Crippen LogP contribution in [0.4, 0.5) is 4.39 Å². The molecule has 2 unspecified atom stereocenters. The summed E-state index contributed by atoms with van der Waals surface area (Å²) in [6.07, 6.45) is 5.55. The minimum absolute atomic E-state index is 0.197. The number of aromatic nitrogens is 1. The topological polar surface area (TPSA) is 28.2 Å². The number of halogens is 1. The van der Waals surface area contributed by atoms with E-state index in [9.17, 15) is 4.39 Å².